The van der Waals surface area contributed by atoms with Crippen LogP contribution in [0.3, 0.4) is 0 Å². The molecule has 1 rings (SSSR count). The van der Waals surface area contributed by atoms with E-state index in [0.29, 0.717) is 18.3 Å². The zero-order valence-electron chi connectivity index (χ0n) is 9.43. The van der Waals surface area contributed by atoms with Gasteiger partial charge in [0.2, 0.25) is 0 Å². The van der Waals surface area contributed by atoms with E-state index in [1.54, 1.807) is 0 Å². The van der Waals surface area contributed by atoms with Gasteiger partial charge in [0, 0.05) is 5.33 Å². The first-order valence-corrected chi connectivity index (χ1v) is 6.97. The Hall–Kier alpha value is -0.430. The minimum absolute atomic E-state index is 0.198. The van der Waals surface area contributed by atoms with E-state index in [-0.39, 0.29) is 10.2 Å². The molecule has 1 atom stereocenters. The molecule has 1 aromatic rings. The maximum absolute atomic E-state index is 12.0. The third-order valence-electron chi connectivity index (χ3n) is 1.93. The third-order valence-corrected chi connectivity index (χ3v) is 3.65. The average Bonchev–Trinajstić information content (AvgIpc) is 2.27. The lowest BCUT2D eigenvalue weighted by Gasteiger charge is -2.13. The van der Waals surface area contributed by atoms with Crippen molar-refractivity contribution in [1.29, 1.82) is 0 Å². The molecule has 0 aliphatic carbocycles. The lowest BCUT2D eigenvalue weighted by molar-refractivity contribution is -0.274. The molecule has 0 aliphatic rings. The molecule has 7 heteroatoms. The van der Waals surface area contributed by atoms with Crippen molar-refractivity contribution in [2.45, 2.75) is 13.3 Å². The molecule has 0 aliphatic heterocycles. The number of ether oxygens (including phenoxy) is 2. The van der Waals surface area contributed by atoms with Crippen LogP contribution in [0, 0.1) is 5.92 Å². The minimum Gasteiger partial charge on any atom is -0.493 e. The van der Waals surface area contributed by atoms with E-state index in [1.807, 2.05) is 6.92 Å². The Labute approximate surface area is 120 Å². The molecule has 0 amide bonds. The number of alkyl halides is 4. The van der Waals surface area contributed by atoms with Crippen molar-refractivity contribution in [2.75, 3.05) is 11.9 Å². The highest BCUT2D eigenvalue weighted by atomic mass is 79.9. The Kier molecular flexibility index (Phi) is 5.78. The van der Waals surface area contributed by atoms with Crippen molar-refractivity contribution in [2.24, 2.45) is 5.92 Å². The second-order valence-electron chi connectivity index (χ2n) is 3.71. The summed E-state index contributed by atoms with van der Waals surface area (Å²) in [5, 5.41) is 0.795. The van der Waals surface area contributed by atoms with Gasteiger partial charge < -0.3 is 9.47 Å². The molecule has 1 aromatic carbocycles. The van der Waals surface area contributed by atoms with Crippen molar-refractivity contribution in [1.82, 2.24) is 0 Å². The fraction of sp³-hybridized carbons (Fsp3) is 0.455. The quantitative estimate of drug-likeness (QED) is 0.674. The van der Waals surface area contributed by atoms with E-state index >= 15 is 0 Å². The lowest BCUT2D eigenvalue weighted by atomic mass is 10.2. The van der Waals surface area contributed by atoms with Gasteiger partial charge in [0.1, 0.15) is 11.5 Å². The Bertz CT molecular complexity index is 396. The summed E-state index contributed by atoms with van der Waals surface area (Å²) < 4.78 is 45.6. The van der Waals surface area contributed by atoms with Crippen LogP contribution in [0.4, 0.5) is 13.2 Å². The number of hydrogen-bond acceptors (Lipinski definition) is 2. The zero-order valence-corrected chi connectivity index (χ0v) is 12.6. The smallest absolute Gasteiger partial charge is 0.493 e. The zero-order chi connectivity index (χ0) is 13.8. The van der Waals surface area contributed by atoms with Gasteiger partial charge in [0.15, 0.2) is 0 Å². The summed E-state index contributed by atoms with van der Waals surface area (Å²) in [6.07, 6.45) is -4.70. The largest absolute Gasteiger partial charge is 0.573 e. The molecular formula is C11H11Br2F3O2. The van der Waals surface area contributed by atoms with Crippen molar-refractivity contribution in [3.05, 3.63) is 22.7 Å². The second kappa shape index (κ2) is 6.65. The topological polar surface area (TPSA) is 18.5 Å². The van der Waals surface area contributed by atoms with E-state index in [0.717, 1.165) is 5.33 Å². The second-order valence-corrected chi connectivity index (χ2v) is 5.21. The maximum atomic E-state index is 12.0. The van der Waals surface area contributed by atoms with Gasteiger partial charge >= 0.3 is 6.36 Å². The van der Waals surface area contributed by atoms with Crippen LogP contribution in [0.15, 0.2) is 22.7 Å². The number of benzene rings is 1. The summed E-state index contributed by atoms with van der Waals surface area (Å²) in [4.78, 5) is 0. The predicted molar refractivity (Wildman–Crippen MR) is 69.3 cm³/mol. The molecule has 0 radical (unpaired) electrons. The maximum Gasteiger partial charge on any atom is 0.573 e. The normalized spacial score (nSPS) is 13.2. The van der Waals surface area contributed by atoms with E-state index in [2.05, 4.69) is 36.6 Å². The van der Waals surface area contributed by atoms with Crippen LogP contribution < -0.4 is 9.47 Å². The van der Waals surface area contributed by atoms with Crippen molar-refractivity contribution >= 4 is 31.9 Å². The predicted octanol–water partition coefficient (Wildman–Crippen LogP) is 4.76. The minimum atomic E-state index is -4.70. The molecule has 102 valence electrons. The van der Waals surface area contributed by atoms with Gasteiger partial charge in [0.05, 0.1) is 11.1 Å². The van der Waals surface area contributed by atoms with Crippen LogP contribution in [-0.2, 0) is 0 Å². The summed E-state index contributed by atoms with van der Waals surface area (Å²) in [6.45, 7) is 2.47. The van der Waals surface area contributed by atoms with E-state index in [4.69, 9.17) is 4.74 Å². The fourth-order valence-electron chi connectivity index (χ4n) is 1.06. The highest BCUT2D eigenvalue weighted by molar-refractivity contribution is 9.10. The van der Waals surface area contributed by atoms with Gasteiger partial charge in [-0.15, -0.1) is 13.2 Å². The van der Waals surface area contributed by atoms with Gasteiger partial charge in [0.25, 0.3) is 0 Å². The molecule has 0 N–H and O–H groups in total. The van der Waals surface area contributed by atoms with Gasteiger partial charge in [-0.05, 0) is 40.0 Å². The molecule has 18 heavy (non-hydrogen) atoms. The molecule has 0 spiro atoms. The molecule has 2 nitrogen and oxygen atoms in total. The number of halogens is 5. The fourth-order valence-corrected chi connectivity index (χ4v) is 1.69. The average molecular weight is 392 g/mol. The Morgan fingerprint density at radius 1 is 1.33 bits per heavy atom. The van der Waals surface area contributed by atoms with Crippen molar-refractivity contribution in [3.63, 3.8) is 0 Å². The summed E-state index contributed by atoms with van der Waals surface area (Å²) in [5.41, 5.74) is 0. The monoisotopic (exact) mass is 390 g/mol. The van der Waals surface area contributed by atoms with Crippen LogP contribution in [0.5, 0.6) is 11.5 Å². The summed E-state index contributed by atoms with van der Waals surface area (Å²) in [7, 11) is 0. The molecule has 0 bridgehead atoms. The molecule has 0 fully saturated rings. The molecule has 0 saturated heterocycles. The van der Waals surface area contributed by atoms with Crippen LogP contribution in [-0.4, -0.2) is 18.3 Å². The highest BCUT2D eigenvalue weighted by Gasteiger charge is 2.31. The lowest BCUT2D eigenvalue weighted by Crippen LogP contribution is -2.17. The summed E-state index contributed by atoms with van der Waals surface area (Å²) >= 11 is 6.32. The van der Waals surface area contributed by atoms with Crippen molar-refractivity contribution in [3.8, 4) is 11.5 Å². The number of rotatable bonds is 5. The highest BCUT2D eigenvalue weighted by Crippen LogP contribution is 2.33. The van der Waals surface area contributed by atoms with Crippen molar-refractivity contribution < 1.29 is 22.6 Å². The van der Waals surface area contributed by atoms with Crippen LogP contribution in [0.1, 0.15) is 6.92 Å². The van der Waals surface area contributed by atoms with Crippen LogP contribution in [0.25, 0.3) is 0 Å². The Balaban J connectivity index is 2.67. The standard InChI is InChI=1S/C11H11Br2F3O2/c1-7(5-12)6-17-8-2-3-10(9(13)4-8)18-11(14,15)16/h2-4,7H,5-6H2,1H3. The molecule has 0 heterocycles. The summed E-state index contributed by atoms with van der Waals surface area (Å²) in [5.74, 6) is 0.516. The summed E-state index contributed by atoms with van der Waals surface area (Å²) in [6, 6.07) is 4.10. The van der Waals surface area contributed by atoms with Crippen LogP contribution >= 0.6 is 31.9 Å². The van der Waals surface area contributed by atoms with Crippen LogP contribution in [0.2, 0.25) is 0 Å². The molecular weight excluding hydrogens is 381 g/mol. The SMILES string of the molecule is CC(CBr)COc1ccc(OC(F)(F)F)c(Br)c1. The first-order chi connectivity index (χ1) is 8.31. The Morgan fingerprint density at radius 3 is 2.50 bits per heavy atom. The number of hydrogen-bond donors (Lipinski definition) is 0. The van der Waals surface area contributed by atoms with Gasteiger partial charge in [-0.1, -0.05) is 22.9 Å². The van der Waals surface area contributed by atoms with Gasteiger partial charge in [-0.3, -0.25) is 0 Å². The van der Waals surface area contributed by atoms with Gasteiger partial charge in [-0.25, -0.2) is 0 Å². The van der Waals surface area contributed by atoms with E-state index in [9.17, 15) is 13.2 Å². The Morgan fingerprint density at radius 2 is 2.00 bits per heavy atom. The van der Waals surface area contributed by atoms with E-state index < -0.39 is 6.36 Å². The molecule has 0 saturated carbocycles. The first-order valence-electron chi connectivity index (χ1n) is 5.06. The van der Waals surface area contributed by atoms with Gasteiger partial charge in [-0.2, -0.15) is 0 Å². The first kappa shape index (κ1) is 15.6. The van der Waals surface area contributed by atoms with E-state index in [1.165, 1.54) is 18.2 Å². The third kappa shape index (κ3) is 5.48. The molecule has 0 aromatic heterocycles. The molecule has 1 unspecified atom stereocenters.